The quantitative estimate of drug-likeness (QED) is 0.204. The average Bonchev–Trinajstić information content (AvgIpc) is 3.18. The first-order chi connectivity index (χ1) is 14.9. The van der Waals surface area contributed by atoms with Gasteiger partial charge >= 0.3 is 0 Å². The molecule has 156 valence electrons. The molecule has 4 aromatic rings. The maximum atomic E-state index is 12.4. The van der Waals surface area contributed by atoms with Crippen molar-refractivity contribution in [2.45, 2.75) is 13.3 Å². The molecule has 0 aliphatic rings. The van der Waals surface area contributed by atoms with Crippen LogP contribution in [0.2, 0.25) is 0 Å². The van der Waals surface area contributed by atoms with Crippen molar-refractivity contribution in [3.8, 4) is 11.5 Å². The van der Waals surface area contributed by atoms with E-state index in [0.717, 1.165) is 20.0 Å². The lowest BCUT2D eigenvalue weighted by molar-refractivity contribution is 0.0977. The number of hydrogen-bond acceptors (Lipinski definition) is 4. The predicted molar refractivity (Wildman–Crippen MR) is 139 cm³/mol. The molecule has 0 saturated carbocycles. The Morgan fingerprint density at radius 1 is 1.13 bits per heavy atom. The molecule has 0 aliphatic carbocycles. The molecule has 1 amide bonds. The third-order valence-corrected chi connectivity index (χ3v) is 6.22. The van der Waals surface area contributed by atoms with Crippen LogP contribution in [0.15, 0.2) is 69.6 Å². The smallest absolute Gasteiger partial charge is 0.257 e. The average molecular weight is 606 g/mol. The maximum absolute atomic E-state index is 12.4. The zero-order valence-electron chi connectivity index (χ0n) is 16.4. The van der Waals surface area contributed by atoms with Gasteiger partial charge in [-0.05, 0) is 111 Å². The molecule has 0 spiro atoms. The zero-order chi connectivity index (χ0) is 22.0. The predicted octanol–water partition coefficient (Wildman–Crippen LogP) is 6.55. The van der Waals surface area contributed by atoms with Crippen molar-refractivity contribution in [2.75, 3.05) is 5.32 Å². The summed E-state index contributed by atoms with van der Waals surface area (Å²) in [5, 5.41) is 5.96. The second-order valence-electron chi connectivity index (χ2n) is 6.78. The number of halogens is 2. The lowest BCUT2D eigenvalue weighted by Gasteiger charge is -2.09. The molecule has 0 atom stereocenters. The first-order valence-electron chi connectivity index (χ1n) is 9.50. The minimum atomic E-state index is -0.256. The Hall–Kier alpha value is -2.30. The van der Waals surface area contributed by atoms with Gasteiger partial charge in [-0.15, -0.1) is 0 Å². The minimum absolute atomic E-state index is 0.216. The summed E-state index contributed by atoms with van der Waals surface area (Å²) in [5.74, 6) is 0.275. The van der Waals surface area contributed by atoms with Crippen LogP contribution in [-0.4, -0.2) is 16.0 Å². The van der Waals surface area contributed by atoms with E-state index < -0.39 is 0 Å². The molecule has 0 bridgehead atoms. The molecule has 31 heavy (non-hydrogen) atoms. The van der Waals surface area contributed by atoms with Crippen molar-refractivity contribution < 1.29 is 9.21 Å². The Labute approximate surface area is 206 Å². The van der Waals surface area contributed by atoms with Crippen LogP contribution < -0.4 is 10.6 Å². The Bertz CT molecular complexity index is 1290. The zero-order valence-corrected chi connectivity index (χ0v) is 21.0. The number of oxazole rings is 1. The van der Waals surface area contributed by atoms with Crippen molar-refractivity contribution in [3.05, 3.63) is 79.8 Å². The third-order valence-electron chi connectivity index (χ3n) is 4.66. The number of carbonyl (C=O) groups is 1. The fraction of sp³-hybridized carbons (Fsp3) is 0.0870. The van der Waals surface area contributed by atoms with E-state index in [1.807, 2.05) is 48.5 Å². The third kappa shape index (κ3) is 5.13. The minimum Gasteiger partial charge on any atom is -0.436 e. The lowest BCUT2D eigenvalue weighted by atomic mass is 10.1. The van der Waals surface area contributed by atoms with Crippen molar-refractivity contribution in [3.63, 3.8) is 0 Å². The Balaban J connectivity index is 1.48. The van der Waals surface area contributed by atoms with Crippen molar-refractivity contribution in [1.82, 2.24) is 10.3 Å². The van der Waals surface area contributed by atoms with E-state index >= 15 is 0 Å². The molecule has 3 aromatic carbocycles. The van der Waals surface area contributed by atoms with Gasteiger partial charge in [0.25, 0.3) is 5.91 Å². The number of amides is 1. The highest BCUT2D eigenvalue weighted by molar-refractivity contribution is 14.1. The molecule has 8 heteroatoms. The topological polar surface area (TPSA) is 67.2 Å². The number of thiocarbonyl (C=S) groups is 1. The van der Waals surface area contributed by atoms with E-state index in [1.54, 1.807) is 12.1 Å². The summed E-state index contributed by atoms with van der Waals surface area (Å²) in [6.07, 6.45) is 0.925. The van der Waals surface area contributed by atoms with Crippen LogP contribution >= 0.6 is 50.7 Å². The highest BCUT2D eigenvalue weighted by Crippen LogP contribution is 2.32. The van der Waals surface area contributed by atoms with E-state index in [2.05, 4.69) is 61.1 Å². The largest absolute Gasteiger partial charge is 0.436 e. The number of benzene rings is 3. The summed E-state index contributed by atoms with van der Waals surface area (Å²) < 4.78 is 7.92. The standard InChI is InChI=1S/C23H17BrIN3O2S/c1-2-13-3-5-14(6-4-13)21(29)28-23(31)26-16-8-10-20-19(12-16)27-22(30-20)17-11-15(25)7-9-18(17)24/h3-12H,2H2,1H3,(H2,26,28,29,31). The van der Waals surface area contributed by atoms with Gasteiger partial charge in [-0.1, -0.05) is 19.1 Å². The number of anilines is 1. The van der Waals surface area contributed by atoms with Crippen LogP contribution in [0.3, 0.4) is 0 Å². The Morgan fingerprint density at radius 3 is 2.65 bits per heavy atom. The number of hydrogen-bond donors (Lipinski definition) is 2. The van der Waals surface area contributed by atoms with Crippen molar-refractivity contribution in [2.24, 2.45) is 0 Å². The first-order valence-corrected chi connectivity index (χ1v) is 11.8. The van der Waals surface area contributed by atoms with Crippen LogP contribution in [0, 0.1) is 3.57 Å². The first kappa shape index (κ1) is 21.9. The van der Waals surface area contributed by atoms with E-state index in [-0.39, 0.29) is 11.0 Å². The molecule has 0 radical (unpaired) electrons. The number of carbonyl (C=O) groups excluding carboxylic acids is 1. The monoisotopic (exact) mass is 605 g/mol. The molecule has 0 fully saturated rings. The fourth-order valence-electron chi connectivity index (χ4n) is 3.01. The molecule has 0 saturated heterocycles. The second-order valence-corrected chi connectivity index (χ2v) is 9.29. The molecule has 1 heterocycles. The second kappa shape index (κ2) is 9.46. The van der Waals surface area contributed by atoms with Gasteiger partial charge in [-0.2, -0.15) is 0 Å². The lowest BCUT2D eigenvalue weighted by Crippen LogP contribution is -2.34. The highest BCUT2D eigenvalue weighted by Gasteiger charge is 2.13. The van der Waals surface area contributed by atoms with Crippen LogP contribution in [-0.2, 0) is 6.42 Å². The summed E-state index contributed by atoms with van der Waals surface area (Å²) in [6.45, 7) is 2.07. The van der Waals surface area contributed by atoms with Crippen LogP contribution in [0.5, 0.6) is 0 Å². The van der Waals surface area contributed by atoms with Crippen molar-refractivity contribution >= 4 is 78.5 Å². The highest BCUT2D eigenvalue weighted by atomic mass is 127. The van der Waals surface area contributed by atoms with E-state index in [1.165, 1.54) is 5.56 Å². The molecule has 1 aromatic heterocycles. The summed E-state index contributed by atoms with van der Waals surface area (Å²) in [5.41, 5.74) is 4.68. The van der Waals surface area contributed by atoms with E-state index in [0.29, 0.717) is 28.2 Å². The van der Waals surface area contributed by atoms with Crippen LogP contribution in [0.4, 0.5) is 5.69 Å². The normalized spacial score (nSPS) is 10.8. The number of fused-ring (bicyclic) bond motifs is 1. The molecular weight excluding hydrogens is 589 g/mol. The molecule has 2 N–H and O–H groups in total. The van der Waals surface area contributed by atoms with Gasteiger partial charge in [0.05, 0.1) is 5.56 Å². The summed E-state index contributed by atoms with van der Waals surface area (Å²) in [4.78, 5) is 17.0. The fourth-order valence-corrected chi connectivity index (χ4v) is 4.13. The van der Waals surface area contributed by atoms with E-state index in [9.17, 15) is 4.79 Å². The summed E-state index contributed by atoms with van der Waals surface area (Å²) >= 11 is 11.1. The Kier molecular flexibility index (Phi) is 6.68. The number of nitrogens with one attached hydrogen (secondary N) is 2. The van der Waals surface area contributed by atoms with Gasteiger partial charge < -0.3 is 9.73 Å². The van der Waals surface area contributed by atoms with Gasteiger partial charge in [-0.25, -0.2) is 4.98 Å². The number of aromatic nitrogens is 1. The van der Waals surface area contributed by atoms with Gasteiger partial charge in [0.1, 0.15) is 5.52 Å². The SMILES string of the molecule is CCc1ccc(C(=O)NC(=S)Nc2ccc3oc(-c4cc(I)ccc4Br)nc3c2)cc1. The van der Waals surface area contributed by atoms with Crippen LogP contribution in [0.1, 0.15) is 22.8 Å². The summed E-state index contributed by atoms with van der Waals surface area (Å²) in [6, 6.07) is 18.9. The van der Waals surface area contributed by atoms with Crippen molar-refractivity contribution in [1.29, 1.82) is 0 Å². The van der Waals surface area contributed by atoms with Gasteiger partial charge in [-0.3, -0.25) is 10.1 Å². The van der Waals surface area contributed by atoms with Gasteiger partial charge in [0, 0.05) is 19.3 Å². The van der Waals surface area contributed by atoms with E-state index in [4.69, 9.17) is 16.6 Å². The Morgan fingerprint density at radius 2 is 1.90 bits per heavy atom. The summed E-state index contributed by atoms with van der Waals surface area (Å²) in [7, 11) is 0. The van der Waals surface area contributed by atoms with Gasteiger partial charge in [0.2, 0.25) is 5.89 Å². The number of nitrogens with zero attached hydrogens (tertiary/aromatic N) is 1. The van der Waals surface area contributed by atoms with Crippen LogP contribution in [0.25, 0.3) is 22.6 Å². The molecular formula is C23H17BrIN3O2S. The number of rotatable bonds is 4. The van der Waals surface area contributed by atoms with Gasteiger partial charge in [0.15, 0.2) is 10.7 Å². The maximum Gasteiger partial charge on any atom is 0.257 e. The molecule has 0 aliphatic heterocycles. The molecule has 5 nitrogen and oxygen atoms in total. The number of aryl methyl sites for hydroxylation is 1. The molecule has 4 rings (SSSR count). The molecule has 0 unspecified atom stereocenters.